The topological polar surface area (TPSA) is 109 Å². The maximum absolute atomic E-state index is 11.9. The summed E-state index contributed by atoms with van der Waals surface area (Å²) in [6.07, 6.45) is 1.04. The van der Waals surface area contributed by atoms with Gasteiger partial charge < -0.3 is 20.1 Å². The van der Waals surface area contributed by atoms with Gasteiger partial charge in [0.25, 0.3) is 5.91 Å². The number of hydrogen-bond donors (Lipinski definition) is 3. The summed E-state index contributed by atoms with van der Waals surface area (Å²) in [5.74, 6) is -3.27. The van der Waals surface area contributed by atoms with Gasteiger partial charge in [-0.25, -0.2) is 4.79 Å². The molecular weight excluding hydrogens is 252 g/mol. The summed E-state index contributed by atoms with van der Waals surface area (Å²) in [7, 11) is 0. The Morgan fingerprint density at radius 2 is 1.95 bits per heavy atom. The molecule has 7 nitrogen and oxygen atoms in total. The van der Waals surface area contributed by atoms with Crippen LogP contribution < -0.4 is 5.32 Å². The van der Waals surface area contributed by atoms with Crippen molar-refractivity contribution in [1.82, 2.24) is 9.88 Å². The largest absolute Gasteiger partial charge is 0.481 e. The zero-order chi connectivity index (χ0) is 14.6. The quantitative estimate of drug-likeness (QED) is 0.704. The molecule has 104 valence electrons. The predicted octanol–water partition coefficient (Wildman–Crippen LogP) is 0.727. The summed E-state index contributed by atoms with van der Waals surface area (Å²) >= 11 is 0. The standard InChI is InChI=1S/C12H16N2O5/c1-7(2)14-5-3-4-9(14)11(17)13-8(12(18)19)6-10(15)16/h3-5,7-8H,6H2,1-2H3,(H,13,17)(H,15,16)(H,18,19)/t8-/m1/s1. The fourth-order valence-corrected chi connectivity index (χ4v) is 1.64. The molecule has 1 heterocycles. The number of rotatable bonds is 6. The molecule has 0 spiro atoms. The smallest absolute Gasteiger partial charge is 0.326 e. The van der Waals surface area contributed by atoms with E-state index in [1.807, 2.05) is 13.8 Å². The van der Waals surface area contributed by atoms with Crippen LogP contribution in [0, 0.1) is 0 Å². The molecule has 1 aromatic heterocycles. The van der Waals surface area contributed by atoms with E-state index in [2.05, 4.69) is 5.32 Å². The molecule has 1 aromatic rings. The van der Waals surface area contributed by atoms with E-state index in [0.717, 1.165) is 0 Å². The van der Waals surface area contributed by atoms with Crippen LogP contribution in [0.25, 0.3) is 0 Å². The number of aromatic nitrogens is 1. The van der Waals surface area contributed by atoms with Crippen LogP contribution in [0.3, 0.4) is 0 Å². The fourth-order valence-electron chi connectivity index (χ4n) is 1.64. The molecule has 0 aliphatic rings. The number of amides is 1. The Morgan fingerprint density at radius 1 is 1.32 bits per heavy atom. The molecule has 0 aliphatic heterocycles. The van der Waals surface area contributed by atoms with Gasteiger partial charge >= 0.3 is 11.9 Å². The summed E-state index contributed by atoms with van der Waals surface area (Å²) in [5, 5.41) is 19.7. The Bertz CT molecular complexity index is 492. The van der Waals surface area contributed by atoms with Crippen molar-refractivity contribution < 1.29 is 24.6 Å². The minimum Gasteiger partial charge on any atom is -0.481 e. The summed E-state index contributed by atoms with van der Waals surface area (Å²) in [6.45, 7) is 3.76. The van der Waals surface area contributed by atoms with Crippen LogP contribution in [0.15, 0.2) is 18.3 Å². The highest BCUT2D eigenvalue weighted by molar-refractivity contribution is 5.96. The van der Waals surface area contributed by atoms with Crippen LogP contribution in [0.2, 0.25) is 0 Å². The highest BCUT2D eigenvalue weighted by Gasteiger charge is 2.24. The lowest BCUT2D eigenvalue weighted by Gasteiger charge is -2.15. The number of aliphatic carboxylic acids is 2. The van der Waals surface area contributed by atoms with Gasteiger partial charge in [-0.05, 0) is 26.0 Å². The van der Waals surface area contributed by atoms with Crippen molar-refractivity contribution in [2.45, 2.75) is 32.4 Å². The van der Waals surface area contributed by atoms with E-state index in [9.17, 15) is 14.4 Å². The number of carbonyl (C=O) groups is 3. The average molecular weight is 268 g/mol. The first-order chi connectivity index (χ1) is 8.82. The van der Waals surface area contributed by atoms with Crippen molar-refractivity contribution in [3.05, 3.63) is 24.0 Å². The molecule has 1 rings (SSSR count). The van der Waals surface area contributed by atoms with Crippen molar-refractivity contribution in [2.24, 2.45) is 0 Å². The molecule has 0 saturated carbocycles. The zero-order valence-electron chi connectivity index (χ0n) is 10.7. The minimum atomic E-state index is -1.44. The zero-order valence-corrected chi connectivity index (χ0v) is 10.7. The lowest BCUT2D eigenvalue weighted by Crippen LogP contribution is -2.42. The van der Waals surface area contributed by atoms with E-state index in [0.29, 0.717) is 5.69 Å². The molecule has 0 fully saturated rings. The molecule has 19 heavy (non-hydrogen) atoms. The number of carbonyl (C=O) groups excluding carboxylic acids is 1. The Hall–Kier alpha value is -2.31. The van der Waals surface area contributed by atoms with Gasteiger partial charge in [0, 0.05) is 12.2 Å². The Balaban J connectivity index is 2.85. The molecule has 0 aromatic carbocycles. The van der Waals surface area contributed by atoms with Crippen molar-refractivity contribution in [3.8, 4) is 0 Å². The van der Waals surface area contributed by atoms with Gasteiger partial charge in [0.2, 0.25) is 0 Å². The van der Waals surface area contributed by atoms with Crippen molar-refractivity contribution in [1.29, 1.82) is 0 Å². The van der Waals surface area contributed by atoms with E-state index >= 15 is 0 Å². The predicted molar refractivity (Wildman–Crippen MR) is 66.0 cm³/mol. The second-order valence-electron chi connectivity index (χ2n) is 4.36. The third kappa shape index (κ3) is 3.84. The van der Waals surface area contributed by atoms with E-state index in [1.54, 1.807) is 22.9 Å². The Kier molecular flexibility index (Phi) is 4.68. The summed E-state index contributed by atoms with van der Waals surface area (Å²) in [4.78, 5) is 33.4. The maximum Gasteiger partial charge on any atom is 0.326 e. The molecule has 0 saturated heterocycles. The van der Waals surface area contributed by atoms with Crippen molar-refractivity contribution in [3.63, 3.8) is 0 Å². The van der Waals surface area contributed by atoms with Gasteiger partial charge in [-0.15, -0.1) is 0 Å². The third-order valence-corrected chi connectivity index (χ3v) is 2.55. The lowest BCUT2D eigenvalue weighted by molar-refractivity contribution is -0.145. The summed E-state index contributed by atoms with van der Waals surface area (Å²) in [6, 6.07) is 1.82. The first-order valence-corrected chi connectivity index (χ1v) is 5.75. The molecule has 7 heteroatoms. The average Bonchev–Trinajstić information content (AvgIpc) is 2.76. The highest BCUT2D eigenvalue weighted by Crippen LogP contribution is 2.11. The number of hydrogen-bond acceptors (Lipinski definition) is 3. The minimum absolute atomic E-state index is 0.0403. The van der Waals surface area contributed by atoms with Gasteiger partial charge in [-0.3, -0.25) is 9.59 Å². The van der Waals surface area contributed by atoms with Gasteiger partial charge in [0.05, 0.1) is 6.42 Å². The Labute approximate surface area is 109 Å². The van der Waals surface area contributed by atoms with Crippen LogP contribution in [0.5, 0.6) is 0 Å². The maximum atomic E-state index is 11.9. The van der Waals surface area contributed by atoms with E-state index in [4.69, 9.17) is 10.2 Å². The first-order valence-electron chi connectivity index (χ1n) is 5.75. The van der Waals surface area contributed by atoms with Crippen LogP contribution >= 0.6 is 0 Å². The van der Waals surface area contributed by atoms with E-state index in [1.165, 1.54) is 0 Å². The van der Waals surface area contributed by atoms with Gasteiger partial charge in [-0.2, -0.15) is 0 Å². The van der Waals surface area contributed by atoms with Crippen LogP contribution in [0.4, 0.5) is 0 Å². The molecule has 0 bridgehead atoms. The van der Waals surface area contributed by atoms with Gasteiger partial charge in [0.15, 0.2) is 0 Å². The summed E-state index contributed by atoms with van der Waals surface area (Å²) in [5.41, 5.74) is 0.298. The molecule has 1 amide bonds. The van der Waals surface area contributed by atoms with Crippen LogP contribution in [-0.2, 0) is 9.59 Å². The van der Waals surface area contributed by atoms with E-state index < -0.39 is 30.3 Å². The summed E-state index contributed by atoms with van der Waals surface area (Å²) < 4.78 is 1.68. The molecule has 0 aliphatic carbocycles. The van der Waals surface area contributed by atoms with Gasteiger partial charge in [0.1, 0.15) is 11.7 Å². The second-order valence-corrected chi connectivity index (χ2v) is 4.36. The van der Waals surface area contributed by atoms with Crippen molar-refractivity contribution >= 4 is 17.8 Å². The lowest BCUT2D eigenvalue weighted by atomic mass is 10.2. The fraction of sp³-hybridized carbons (Fsp3) is 0.417. The SMILES string of the molecule is CC(C)n1cccc1C(=O)N[C@H](CC(=O)O)C(=O)O. The van der Waals surface area contributed by atoms with Crippen LogP contribution in [0.1, 0.15) is 36.8 Å². The number of nitrogens with one attached hydrogen (secondary N) is 1. The first kappa shape index (κ1) is 14.7. The second kappa shape index (κ2) is 6.03. The number of nitrogens with zero attached hydrogens (tertiary/aromatic N) is 1. The number of carboxylic acid groups (broad SMARTS) is 2. The monoisotopic (exact) mass is 268 g/mol. The van der Waals surface area contributed by atoms with Gasteiger partial charge in [-0.1, -0.05) is 0 Å². The highest BCUT2D eigenvalue weighted by atomic mass is 16.4. The number of carboxylic acids is 2. The molecule has 0 radical (unpaired) electrons. The third-order valence-electron chi connectivity index (χ3n) is 2.55. The normalized spacial score (nSPS) is 12.2. The molecule has 1 atom stereocenters. The van der Waals surface area contributed by atoms with Crippen LogP contribution in [-0.4, -0.2) is 38.7 Å². The Morgan fingerprint density at radius 3 is 2.42 bits per heavy atom. The molecule has 0 unspecified atom stereocenters. The van der Waals surface area contributed by atoms with Crippen molar-refractivity contribution in [2.75, 3.05) is 0 Å². The molecular formula is C12H16N2O5. The molecule has 3 N–H and O–H groups in total. The van der Waals surface area contributed by atoms with E-state index in [-0.39, 0.29) is 6.04 Å².